The second kappa shape index (κ2) is 7.13. The Kier molecular flexibility index (Phi) is 4.92. The van der Waals surface area contributed by atoms with Crippen LogP contribution in [0.1, 0.15) is 18.4 Å². The largest absolute Gasteiger partial charge is 0.481 e. The van der Waals surface area contributed by atoms with E-state index in [1.54, 1.807) is 7.05 Å². The highest BCUT2D eigenvalue weighted by Crippen LogP contribution is 2.28. The lowest BCUT2D eigenvalue weighted by Crippen LogP contribution is -2.48. The van der Waals surface area contributed by atoms with Crippen molar-refractivity contribution in [3.63, 3.8) is 0 Å². The lowest BCUT2D eigenvalue weighted by atomic mass is 9.98. The van der Waals surface area contributed by atoms with Crippen molar-refractivity contribution in [1.82, 2.24) is 9.80 Å². The lowest BCUT2D eigenvalue weighted by Gasteiger charge is -2.32. The molecule has 1 aromatic rings. The standard InChI is InChI=1S/C18H22N2O5/c1-19(11-16(21)20-8-4-6-13(10-20)18(23)24)17(22)15-9-12-5-2-3-7-14(12)25-15/h2-3,5,7,13,15H,4,6,8-11H2,1H3,(H,23,24). The highest BCUT2D eigenvalue weighted by molar-refractivity contribution is 5.88. The summed E-state index contributed by atoms with van der Waals surface area (Å²) in [7, 11) is 1.57. The van der Waals surface area contributed by atoms with Crippen molar-refractivity contribution in [1.29, 1.82) is 0 Å². The molecule has 0 spiro atoms. The second-order valence-electron chi connectivity index (χ2n) is 6.63. The number of carbonyl (C=O) groups is 3. The summed E-state index contributed by atoms with van der Waals surface area (Å²) in [6.45, 7) is 0.680. The topological polar surface area (TPSA) is 87.2 Å². The third kappa shape index (κ3) is 3.75. The van der Waals surface area contributed by atoms with Crippen LogP contribution in [0.2, 0.25) is 0 Å². The zero-order valence-electron chi connectivity index (χ0n) is 14.2. The summed E-state index contributed by atoms with van der Waals surface area (Å²) >= 11 is 0. The molecule has 2 unspecified atom stereocenters. The minimum absolute atomic E-state index is 0.0681. The van der Waals surface area contributed by atoms with Crippen LogP contribution in [0.25, 0.3) is 0 Å². The highest BCUT2D eigenvalue weighted by atomic mass is 16.5. The number of para-hydroxylation sites is 1. The number of hydrogen-bond acceptors (Lipinski definition) is 4. The Morgan fingerprint density at radius 2 is 2.08 bits per heavy atom. The number of benzene rings is 1. The predicted molar refractivity (Wildman–Crippen MR) is 89.1 cm³/mol. The number of carbonyl (C=O) groups excluding carboxylic acids is 2. The van der Waals surface area contributed by atoms with E-state index >= 15 is 0 Å². The Morgan fingerprint density at radius 3 is 2.80 bits per heavy atom. The minimum atomic E-state index is -0.876. The van der Waals surface area contributed by atoms with E-state index in [1.807, 2.05) is 24.3 Å². The van der Waals surface area contributed by atoms with Crippen LogP contribution in [-0.2, 0) is 20.8 Å². The summed E-state index contributed by atoms with van der Waals surface area (Å²) in [5.41, 5.74) is 0.987. The number of nitrogens with zero attached hydrogens (tertiary/aromatic N) is 2. The number of carboxylic acid groups (broad SMARTS) is 1. The molecule has 0 radical (unpaired) electrons. The first-order valence-electron chi connectivity index (χ1n) is 8.46. The Balaban J connectivity index is 1.55. The number of aliphatic carboxylic acids is 1. The maximum absolute atomic E-state index is 12.5. The van der Waals surface area contributed by atoms with Crippen LogP contribution in [0.5, 0.6) is 5.75 Å². The highest BCUT2D eigenvalue weighted by Gasteiger charge is 2.33. The molecule has 2 heterocycles. The monoisotopic (exact) mass is 346 g/mol. The fourth-order valence-corrected chi connectivity index (χ4v) is 3.35. The number of fused-ring (bicyclic) bond motifs is 1. The Bertz CT molecular complexity index is 665. The number of likely N-dealkylation sites (tertiary alicyclic amines) is 1. The van der Waals surface area contributed by atoms with Crippen LogP contribution in [0.4, 0.5) is 0 Å². The van der Waals surface area contributed by atoms with Crippen LogP contribution in [0.3, 0.4) is 0 Å². The first-order valence-corrected chi connectivity index (χ1v) is 8.46. The van der Waals surface area contributed by atoms with Gasteiger partial charge in [0, 0.05) is 26.6 Å². The summed E-state index contributed by atoms with van der Waals surface area (Å²) < 4.78 is 5.67. The molecule has 2 amide bonds. The van der Waals surface area contributed by atoms with Gasteiger partial charge in [-0.3, -0.25) is 14.4 Å². The minimum Gasteiger partial charge on any atom is -0.481 e. The van der Waals surface area contributed by atoms with Gasteiger partial charge < -0.3 is 19.6 Å². The van der Waals surface area contributed by atoms with Gasteiger partial charge in [0.05, 0.1) is 12.5 Å². The summed E-state index contributed by atoms with van der Waals surface area (Å²) in [6.07, 6.45) is 1.14. The first-order chi connectivity index (χ1) is 12.0. The number of amides is 2. The van der Waals surface area contributed by atoms with E-state index in [2.05, 4.69) is 0 Å². The molecule has 3 rings (SSSR count). The average Bonchev–Trinajstić information content (AvgIpc) is 3.05. The van der Waals surface area contributed by atoms with Gasteiger partial charge in [0.15, 0.2) is 6.10 Å². The van der Waals surface area contributed by atoms with Gasteiger partial charge in [0.2, 0.25) is 5.91 Å². The Labute approximate surface area is 146 Å². The fraction of sp³-hybridized carbons (Fsp3) is 0.500. The molecular weight excluding hydrogens is 324 g/mol. The van der Waals surface area contributed by atoms with E-state index in [-0.39, 0.29) is 24.9 Å². The molecule has 2 aliphatic heterocycles. The van der Waals surface area contributed by atoms with Crippen molar-refractivity contribution in [3.8, 4) is 5.75 Å². The normalized spacial score (nSPS) is 22.0. The molecule has 1 fully saturated rings. The van der Waals surface area contributed by atoms with Crippen LogP contribution < -0.4 is 4.74 Å². The van der Waals surface area contributed by atoms with Gasteiger partial charge >= 0.3 is 5.97 Å². The van der Waals surface area contributed by atoms with Gasteiger partial charge in [-0.2, -0.15) is 0 Å². The van der Waals surface area contributed by atoms with E-state index in [0.29, 0.717) is 31.6 Å². The predicted octanol–water partition coefficient (Wildman–Crippen LogP) is 0.772. The molecule has 25 heavy (non-hydrogen) atoms. The molecule has 2 atom stereocenters. The summed E-state index contributed by atoms with van der Waals surface area (Å²) in [5.74, 6) is -1.15. The molecule has 1 saturated heterocycles. The maximum atomic E-state index is 12.5. The lowest BCUT2D eigenvalue weighted by molar-refractivity contribution is -0.148. The zero-order chi connectivity index (χ0) is 18.0. The van der Waals surface area contributed by atoms with Crippen molar-refractivity contribution < 1.29 is 24.2 Å². The van der Waals surface area contributed by atoms with E-state index in [9.17, 15) is 14.4 Å². The number of ether oxygens (including phenoxy) is 1. The van der Waals surface area contributed by atoms with E-state index in [4.69, 9.17) is 9.84 Å². The number of hydrogen-bond donors (Lipinski definition) is 1. The van der Waals surface area contributed by atoms with E-state index < -0.39 is 18.0 Å². The van der Waals surface area contributed by atoms with Crippen LogP contribution >= 0.6 is 0 Å². The molecule has 0 bridgehead atoms. The molecule has 0 aromatic heterocycles. The third-order valence-electron chi connectivity index (χ3n) is 4.79. The molecule has 134 valence electrons. The van der Waals surface area contributed by atoms with E-state index in [1.165, 1.54) is 9.80 Å². The van der Waals surface area contributed by atoms with E-state index in [0.717, 1.165) is 5.56 Å². The van der Waals surface area contributed by atoms with Crippen molar-refractivity contribution in [2.45, 2.75) is 25.4 Å². The fourth-order valence-electron chi connectivity index (χ4n) is 3.35. The summed E-state index contributed by atoms with van der Waals surface area (Å²) in [4.78, 5) is 39.0. The van der Waals surface area contributed by atoms with Gasteiger partial charge in [-0.1, -0.05) is 18.2 Å². The van der Waals surface area contributed by atoms with Gasteiger partial charge in [-0.15, -0.1) is 0 Å². The maximum Gasteiger partial charge on any atom is 0.308 e. The van der Waals surface area contributed by atoms with Gasteiger partial charge in [-0.05, 0) is 24.5 Å². The summed E-state index contributed by atoms with van der Waals surface area (Å²) in [6, 6.07) is 7.51. The molecular formula is C18H22N2O5. The SMILES string of the molecule is CN(CC(=O)N1CCCC(C(=O)O)C1)C(=O)C1Cc2ccccc2O1. The first kappa shape index (κ1) is 17.3. The zero-order valence-corrected chi connectivity index (χ0v) is 14.2. The van der Waals surface area contributed by atoms with Crippen molar-refractivity contribution in [2.75, 3.05) is 26.7 Å². The smallest absolute Gasteiger partial charge is 0.308 e. The average molecular weight is 346 g/mol. The van der Waals surface area contributed by atoms with Crippen LogP contribution in [0, 0.1) is 5.92 Å². The van der Waals surface area contributed by atoms with Crippen molar-refractivity contribution in [3.05, 3.63) is 29.8 Å². The third-order valence-corrected chi connectivity index (χ3v) is 4.79. The molecule has 7 heteroatoms. The molecule has 1 aromatic carbocycles. The Hall–Kier alpha value is -2.57. The van der Waals surface area contributed by atoms with Crippen LogP contribution in [-0.4, -0.2) is 65.5 Å². The quantitative estimate of drug-likeness (QED) is 0.870. The van der Waals surface area contributed by atoms with Crippen molar-refractivity contribution in [2.24, 2.45) is 5.92 Å². The molecule has 0 aliphatic carbocycles. The number of rotatable bonds is 4. The molecule has 2 aliphatic rings. The van der Waals surface area contributed by atoms with Crippen LogP contribution in [0.15, 0.2) is 24.3 Å². The molecule has 1 N–H and O–H groups in total. The van der Waals surface area contributed by atoms with Crippen molar-refractivity contribution >= 4 is 17.8 Å². The molecule has 0 saturated carbocycles. The van der Waals surface area contributed by atoms with Gasteiger partial charge in [0.25, 0.3) is 5.91 Å². The second-order valence-corrected chi connectivity index (χ2v) is 6.63. The van der Waals surface area contributed by atoms with Gasteiger partial charge in [-0.25, -0.2) is 0 Å². The number of piperidine rings is 1. The Morgan fingerprint density at radius 1 is 1.32 bits per heavy atom. The van der Waals surface area contributed by atoms with Gasteiger partial charge in [0.1, 0.15) is 5.75 Å². The summed E-state index contributed by atoms with van der Waals surface area (Å²) in [5, 5.41) is 9.12. The molecule has 7 nitrogen and oxygen atoms in total. The number of likely N-dealkylation sites (N-methyl/N-ethyl adjacent to an activating group) is 1. The number of carboxylic acids is 1.